The molecule has 5 heteroatoms. The molecule has 0 amide bonds. The SMILES string of the molecule is N#CCc1ncc(-c2c(Cl)cccc2Cl)cc1Cl. The molecule has 0 spiro atoms. The number of hydrogen-bond donors (Lipinski definition) is 0. The van der Waals surface area contributed by atoms with E-state index in [1.807, 2.05) is 6.07 Å². The molecule has 0 bridgehead atoms. The first-order chi connectivity index (χ1) is 8.63. The maximum Gasteiger partial charge on any atom is 0.0789 e. The molecule has 1 aromatic carbocycles. The van der Waals surface area contributed by atoms with E-state index in [-0.39, 0.29) is 6.42 Å². The van der Waals surface area contributed by atoms with Crippen molar-refractivity contribution >= 4 is 34.8 Å². The highest BCUT2D eigenvalue weighted by atomic mass is 35.5. The second-order valence-electron chi connectivity index (χ2n) is 3.58. The van der Waals surface area contributed by atoms with Crippen LogP contribution in [0.3, 0.4) is 0 Å². The van der Waals surface area contributed by atoms with Crippen molar-refractivity contribution in [2.75, 3.05) is 0 Å². The number of rotatable bonds is 2. The van der Waals surface area contributed by atoms with E-state index in [0.29, 0.717) is 26.3 Å². The number of benzene rings is 1. The minimum Gasteiger partial charge on any atom is -0.258 e. The Morgan fingerprint density at radius 2 is 1.78 bits per heavy atom. The Morgan fingerprint density at radius 3 is 2.33 bits per heavy atom. The summed E-state index contributed by atoms with van der Waals surface area (Å²) in [5.41, 5.74) is 1.97. The molecule has 0 fully saturated rings. The van der Waals surface area contributed by atoms with E-state index < -0.39 is 0 Å². The van der Waals surface area contributed by atoms with Crippen molar-refractivity contribution in [2.24, 2.45) is 0 Å². The van der Waals surface area contributed by atoms with Gasteiger partial charge in [-0.05, 0) is 18.2 Å². The summed E-state index contributed by atoms with van der Waals surface area (Å²) in [5.74, 6) is 0. The Hall–Kier alpha value is -1.27. The van der Waals surface area contributed by atoms with Gasteiger partial charge >= 0.3 is 0 Å². The molecule has 0 unspecified atom stereocenters. The maximum absolute atomic E-state index is 8.63. The van der Waals surface area contributed by atoms with Crippen molar-refractivity contribution in [3.63, 3.8) is 0 Å². The number of pyridine rings is 1. The van der Waals surface area contributed by atoms with Gasteiger partial charge in [-0.3, -0.25) is 4.98 Å². The molecule has 18 heavy (non-hydrogen) atoms. The van der Waals surface area contributed by atoms with Gasteiger partial charge in [-0.1, -0.05) is 40.9 Å². The molecule has 1 heterocycles. The molecular weight excluding hydrogens is 291 g/mol. The third kappa shape index (κ3) is 2.59. The highest BCUT2D eigenvalue weighted by Gasteiger charge is 2.11. The van der Waals surface area contributed by atoms with Gasteiger partial charge in [0.05, 0.1) is 23.2 Å². The molecule has 2 nitrogen and oxygen atoms in total. The number of halogens is 3. The third-order valence-electron chi connectivity index (χ3n) is 2.42. The van der Waals surface area contributed by atoms with Gasteiger partial charge in [-0.2, -0.15) is 5.26 Å². The Labute approximate surface area is 120 Å². The normalized spacial score (nSPS) is 10.1. The highest BCUT2D eigenvalue weighted by Crippen LogP contribution is 2.35. The molecule has 90 valence electrons. The van der Waals surface area contributed by atoms with E-state index in [2.05, 4.69) is 4.98 Å². The molecule has 0 saturated carbocycles. The van der Waals surface area contributed by atoms with Crippen molar-refractivity contribution in [1.82, 2.24) is 4.98 Å². The molecule has 0 aliphatic heterocycles. The first-order valence-electron chi connectivity index (χ1n) is 5.09. The van der Waals surface area contributed by atoms with Crippen LogP contribution in [0.25, 0.3) is 11.1 Å². The Bertz CT molecular complexity index is 612. The molecule has 0 N–H and O–H groups in total. The van der Waals surface area contributed by atoms with Gasteiger partial charge in [0.1, 0.15) is 0 Å². The summed E-state index contributed by atoms with van der Waals surface area (Å²) in [7, 11) is 0. The molecule has 0 radical (unpaired) electrons. The fourth-order valence-electron chi connectivity index (χ4n) is 1.58. The fourth-order valence-corrected chi connectivity index (χ4v) is 2.43. The number of nitriles is 1. The summed E-state index contributed by atoms with van der Waals surface area (Å²) in [4.78, 5) is 4.15. The lowest BCUT2D eigenvalue weighted by atomic mass is 10.1. The van der Waals surface area contributed by atoms with E-state index >= 15 is 0 Å². The third-order valence-corrected chi connectivity index (χ3v) is 3.37. The smallest absolute Gasteiger partial charge is 0.0789 e. The summed E-state index contributed by atoms with van der Waals surface area (Å²) in [5, 5.41) is 10.1. The summed E-state index contributed by atoms with van der Waals surface area (Å²) >= 11 is 18.3. The van der Waals surface area contributed by atoms with Gasteiger partial charge in [0.15, 0.2) is 0 Å². The van der Waals surface area contributed by atoms with Crippen LogP contribution >= 0.6 is 34.8 Å². The highest BCUT2D eigenvalue weighted by molar-refractivity contribution is 6.39. The van der Waals surface area contributed by atoms with E-state index in [1.165, 1.54) is 0 Å². The summed E-state index contributed by atoms with van der Waals surface area (Å²) in [6.07, 6.45) is 1.79. The Kier molecular flexibility index (Phi) is 4.08. The first kappa shape index (κ1) is 13.2. The van der Waals surface area contributed by atoms with Crippen molar-refractivity contribution in [1.29, 1.82) is 5.26 Å². The quantitative estimate of drug-likeness (QED) is 0.800. The number of nitrogens with zero attached hydrogens (tertiary/aromatic N) is 2. The molecule has 0 aliphatic carbocycles. The average molecular weight is 298 g/mol. The molecule has 1 aromatic heterocycles. The summed E-state index contributed by atoms with van der Waals surface area (Å²) in [6, 6.07) is 9.00. The van der Waals surface area contributed by atoms with E-state index in [0.717, 1.165) is 5.56 Å². The van der Waals surface area contributed by atoms with E-state index in [1.54, 1.807) is 30.5 Å². The molecule has 2 aromatic rings. The maximum atomic E-state index is 8.63. The van der Waals surface area contributed by atoms with Crippen LogP contribution in [0.5, 0.6) is 0 Å². The zero-order valence-electron chi connectivity index (χ0n) is 9.12. The first-order valence-corrected chi connectivity index (χ1v) is 6.22. The van der Waals surface area contributed by atoms with Crippen LogP contribution < -0.4 is 0 Å². The van der Waals surface area contributed by atoms with Crippen LogP contribution in [0.15, 0.2) is 30.5 Å². The largest absolute Gasteiger partial charge is 0.258 e. The van der Waals surface area contributed by atoms with E-state index in [9.17, 15) is 0 Å². The zero-order chi connectivity index (χ0) is 13.1. The Balaban J connectivity index is 2.53. The van der Waals surface area contributed by atoms with Crippen LogP contribution in [0.2, 0.25) is 15.1 Å². The van der Waals surface area contributed by atoms with Gasteiger partial charge < -0.3 is 0 Å². The van der Waals surface area contributed by atoms with Crippen LogP contribution in [0, 0.1) is 11.3 Å². The molecule has 0 atom stereocenters. The lowest BCUT2D eigenvalue weighted by Gasteiger charge is -2.08. The van der Waals surface area contributed by atoms with Gasteiger partial charge in [0.2, 0.25) is 0 Å². The molecule has 0 aliphatic rings. The summed E-state index contributed by atoms with van der Waals surface area (Å²) < 4.78 is 0. The monoisotopic (exact) mass is 296 g/mol. The van der Waals surface area contributed by atoms with E-state index in [4.69, 9.17) is 40.1 Å². The summed E-state index contributed by atoms with van der Waals surface area (Å²) in [6.45, 7) is 0. The lowest BCUT2D eigenvalue weighted by Crippen LogP contribution is -1.91. The van der Waals surface area contributed by atoms with Gasteiger partial charge in [-0.25, -0.2) is 0 Å². The lowest BCUT2D eigenvalue weighted by molar-refractivity contribution is 1.12. The van der Waals surface area contributed by atoms with Crippen molar-refractivity contribution in [3.8, 4) is 17.2 Å². The van der Waals surface area contributed by atoms with Crippen molar-refractivity contribution in [3.05, 3.63) is 51.2 Å². The minimum absolute atomic E-state index is 0.176. The van der Waals surface area contributed by atoms with Crippen LogP contribution in [-0.2, 0) is 6.42 Å². The predicted octanol–water partition coefficient (Wildman–Crippen LogP) is 4.77. The zero-order valence-corrected chi connectivity index (χ0v) is 11.4. The van der Waals surface area contributed by atoms with Crippen LogP contribution in [0.4, 0.5) is 0 Å². The molecule has 2 rings (SSSR count). The number of aromatic nitrogens is 1. The average Bonchev–Trinajstić information content (AvgIpc) is 2.32. The van der Waals surface area contributed by atoms with Crippen LogP contribution in [0.1, 0.15) is 5.69 Å². The second-order valence-corrected chi connectivity index (χ2v) is 4.81. The topological polar surface area (TPSA) is 36.7 Å². The van der Waals surface area contributed by atoms with Crippen molar-refractivity contribution in [2.45, 2.75) is 6.42 Å². The van der Waals surface area contributed by atoms with Gasteiger partial charge in [0.25, 0.3) is 0 Å². The Morgan fingerprint density at radius 1 is 1.11 bits per heavy atom. The van der Waals surface area contributed by atoms with Crippen LogP contribution in [-0.4, -0.2) is 4.98 Å². The number of hydrogen-bond acceptors (Lipinski definition) is 2. The molecular formula is C13H7Cl3N2. The molecule has 0 saturated heterocycles. The second kappa shape index (κ2) is 5.58. The van der Waals surface area contributed by atoms with Crippen molar-refractivity contribution < 1.29 is 0 Å². The minimum atomic E-state index is 0.176. The standard InChI is InChI=1S/C13H7Cl3N2/c14-9-2-1-3-10(15)13(9)8-6-11(16)12(4-5-17)18-7-8/h1-3,6-7H,4H2. The van der Waals surface area contributed by atoms with Gasteiger partial charge in [-0.15, -0.1) is 0 Å². The predicted molar refractivity (Wildman–Crippen MR) is 74.0 cm³/mol. The fraction of sp³-hybridized carbons (Fsp3) is 0.0769. The van der Waals surface area contributed by atoms with Gasteiger partial charge in [0, 0.05) is 27.4 Å².